The molecule has 0 saturated carbocycles. The summed E-state index contributed by atoms with van der Waals surface area (Å²) in [6.45, 7) is 0. The second-order valence-electron chi connectivity index (χ2n) is 7.47. The lowest BCUT2D eigenvalue weighted by molar-refractivity contribution is -0.142. The standard InChI is InChI=1S/C22H22O2/c1-24-22(23)21-12-17-8-13-4-2-5-14(13)9-18(17)19-10-15-6-3-7-16(15)11-20(19)21/h8-11,21H,2-7,12H2,1H3. The van der Waals surface area contributed by atoms with E-state index in [0.717, 1.165) is 12.8 Å². The van der Waals surface area contributed by atoms with Gasteiger partial charge in [-0.3, -0.25) is 4.79 Å². The average Bonchev–Trinajstić information content (AvgIpc) is 3.24. The predicted octanol–water partition coefficient (Wildman–Crippen LogP) is 4.14. The van der Waals surface area contributed by atoms with E-state index < -0.39 is 0 Å². The van der Waals surface area contributed by atoms with Crippen LogP contribution in [0.15, 0.2) is 24.3 Å². The van der Waals surface area contributed by atoms with Crippen LogP contribution in [0, 0.1) is 0 Å². The summed E-state index contributed by atoms with van der Waals surface area (Å²) in [5, 5.41) is 0. The number of hydrogen-bond acceptors (Lipinski definition) is 2. The lowest BCUT2D eigenvalue weighted by Gasteiger charge is -2.28. The lowest BCUT2D eigenvalue weighted by Crippen LogP contribution is -2.21. The van der Waals surface area contributed by atoms with Crippen molar-refractivity contribution in [1.29, 1.82) is 0 Å². The third kappa shape index (κ3) is 1.98. The maximum atomic E-state index is 12.5. The molecule has 0 amide bonds. The molecule has 2 nitrogen and oxygen atoms in total. The molecule has 3 aliphatic carbocycles. The molecule has 0 fully saturated rings. The van der Waals surface area contributed by atoms with E-state index >= 15 is 0 Å². The van der Waals surface area contributed by atoms with E-state index in [1.165, 1.54) is 83.7 Å². The van der Waals surface area contributed by atoms with Crippen molar-refractivity contribution in [3.05, 3.63) is 57.6 Å². The SMILES string of the molecule is COC(=O)C1Cc2cc3c(cc2-c2cc4c(cc21)CCC4)CCC3. The van der Waals surface area contributed by atoms with Crippen molar-refractivity contribution >= 4 is 5.97 Å². The topological polar surface area (TPSA) is 26.3 Å². The highest BCUT2D eigenvalue weighted by Gasteiger charge is 2.33. The Morgan fingerprint density at radius 2 is 1.42 bits per heavy atom. The molecule has 0 spiro atoms. The molecule has 0 radical (unpaired) electrons. The molecule has 122 valence electrons. The molecule has 0 heterocycles. The van der Waals surface area contributed by atoms with E-state index in [2.05, 4.69) is 24.3 Å². The van der Waals surface area contributed by atoms with E-state index in [-0.39, 0.29) is 11.9 Å². The minimum Gasteiger partial charge on any atom is -0.469 e. The normalized spacial score (nSPS) is 20.1. The van der Waals surface area contributed by atoms with Gasteiger partial charge in [0.15, 0.2) is 0 Å². The Kier molecular flexibility index (Phi) is 3.09. The lowest BCUT2D eigenvalue weighted by atomic mass is 9.76. The molecule has 3 aliphatic rings. The fourth-order valence-corrected chi connectivity index (χ4v) is 4.94. The molecule has 0 saturated heterocycles. The first-order valence-corrected chi connectivity index (χ1v) is 9.13. The van der Waals surface area contributed by atoms with Gasteiger partial charge in [-0.2, -0.15) is 0 Å². The van der Waals surface area contributed by atoms with E-state index in [9.17, 15) is 4.79 Å². The number of fused-ring (bicyclic) bond motifs is 5. The number of methoxy groups -OCH3 is 1. The van der Waals surface area contributed by atoms with Crippen LogP contribution in [0.25, 0.3) is 11.1 Å². The molecule has 0 N–H and O–H groups in total. The number of carbonyl (C=O) groups is 1. The Morgan fingerprint density at radius 1 is 0.833 bits per heavy atom. The molecule has 0 aromatic heterocycles. The van der Waals surface area contributed by atoms with Gasteiger partial charge >= 0.3 is 5.97 Å². The number of aryl methyl sites for hydroxylation is 4. The minimum atomic E-state index is -0.150. The number of ether oxygens (including phenoxy) is 1. The van der Waals surface area contributed by atoms with Crippen molar-refractivity contribution in [2.45, 2.75) is 50.9 Å². The Morgan fingerprint density at radius 3 is 2.08 bits per heavy atom. The maximum Gasteiger partial charge on any atom is 0.313 e. The number of rotatable bonds is 1. The number of esters is 1. The predicted molar refractivity (Wildman–Crippen MR) is 94.4 cm³/mol. The first-order chi connectivity index (χ1) is 11.7. The zero-order chi connectivity index (χ0) is 16.3. The molecule has 1 unspecified atom stereocenters. The molecule has 0 aliphatic heterocycles. The second-order valence-corrected chi connectivity index (χ2v) is 7.47. The van der Waals surface area contributed by atoms with Crippen molar-refractivity contribution in [2.75, 3.05) is 7.11 Å². The summed E-state index contributed by atoms with van der Waals surface area (Å²) in [5.74, 6) is -0.247. The maximum absolute atomic E-state index is 12.5. The highest BCUT2D eigenvalue weighted by atomic mass is 16.5. The Hall–Kier alpha value is -2.09. The monoisotopic (exact) mass is 318 g/mol. The van der Waals surface area contributed by atoms with E-state index in [1.54, 1.807) is 0 Å². The quantitative estimate of drug-likeness (QED) is 0.739. The van der Waals surface area contributed by atoms with Gasteiger partial charge in [0.1, 0.15) is 0 Å². The zero-order valence-corrected chi connectivity index (χ0v) is 14.2. The number of hydrogen-bond donors (Lipinski definition) is 0. The van der Waals surface area contributed by atoms with Crippen molar-refractivity contribution in [3.8, 4) is 11.1 Å². The van der Waals surface area contributed by atoms with Gasteiger partial charge in [0.05, 0.1) is 13.0 Å². The summed E-state index contributed by atoms with van der Waals surface area (Å²) >= 11 is 0. The van der Waals surface area contributed by atoms with Gasteiger partial charge in [-0.05, 0) is 89.5 Å². The Balaban J connectivity index is 1.75. The van der Waals surface area contributed by atoms with Crippen molar-refractivity contribution in [1.82, 2.24) is 0 Å². The highest BCUT2D eigenvalue weighted by Crippen LogP contribution is 2.44. The van der Waals surface area contributed by atoms with Crippen LogP contribution in [-0.2, 0) is 41.6 Å². The largest absolute Gasteiger partial charge is 0.469 e. The summed E-state index contributed by atoms with van der Waals surface area (Å²) in [5.41, 5.74) is 11.1. The fourth-order valence-electron chi connectivity index (χ4n) is 4.94. The van der Waals surface area contributed by atoms with Crippen LogP contribution in [0.5, 0.6) is 0 Å². The first kappa shape index (κ1) is 14.3. The van der Waals surface area contributed by atoms with Crippen LogP contribution >= 0.6 is 0 Å². The van der Waals surface area contributed by atoms with Gasteiger partial charge in [-0.25, -0.2) is 0 Å². The Labute approximate surface area is 142 Å². The highest BCUT2D eigenvalue weighted by molar-refractivity contribution is 5.87. The fraction of sp³-hybridized carbons (Fsp3) is 0.409. The van der Waals surface area contributed by atoms with E-state index in [1.807, 2.05) is 0 Å². The summed E-state index contributed by atoms with van der Waals surface area (Å²) in [6.07, 6.45) is 7.97. The molecule has 0 bridgehead atoms. The molecule has 1 atom stereocenters. The van der Waals surface area contributed by atoms with Crippen LogP contribution in [0.1, 0.15) is 52.1 Å². The molecule has 2 heteroatoms. The number of carbonyl (C=O) groups excluding carboxylic acids is 1. The molecular formula is C22H22O2. The van der Waals surface area contributed by atoms with Gasteiger partial charge in [0, 0.05) is 0 Å². The average molecular weight is 318 g/mol. The summed E-state index contributed by atoms with van der Waals surface area (Å²) in [4.78, 5) is 12.5. The summed E-state index contributed by atoms with van der Waals surface area (Å²) in [7, 11) is 1.51. The molecule has 2 aromatic rings. The third-order valence-electron chi connectivity index (χ3n) is 6.16. The second kappa shape index (κ2) is 5.20. The van der Waals surface area contributed by atoms with E-state index in [0.29, 0.717) is 0 Å². The van der Waals surface area contributed by atoms with Gasteiger partial charge in [-0.1, -0.05) is 24.3 Å². The van der Waals surface area contributed by atoms with E-state index in [4.69, 9.17) is 4.74 Å². The molecule has 24 heavy (non-hydrogen) atoms. The first-order valence-electron chi connectivity index (χ1n) is 9.13. The smallest absolute Gasteiger partial charge is 0.313 e. The molecular weight excluding hydrogens is 296 g/mol. The van der Waals surface area contributed by atoms with Gasteiger partial charge in [-0.15, -0.1) is 0 Å². The minimum absolute atomic E-state index is 0.0969. The Bertz CT molecular complexity index is 863. The summed E-state index contributed by atoms with van der Waals surface area (Å²) in [6, 6.07) is 9.44. The zero-order valence-electron chi connectivity index (χ0n) is 14.2. The van der Waals surface area contributed by atoms with Gasteiger partial charge in [0.2, 0.25) is 0 Å². The third-order valence-corrected chi connectivity index (χ3v) is 6.16. The van der Waals surface area contributed by atoms with Crippen molar-refractivity contribution in [3.63, 3.8) is 0 Å². The molecule has 5 rings (SSSR count). The van der Waals surface area contributed by atoms with Crippen LogP contribution in [-0.4, -0.2) is 13.1 Å². The molecule has 2 aromatic carbocycles. The van der Waals surface area contributed by atoms with Gasteiger partial charge < -0.3 is 4.74 Å². The van der Waals surface area contributed by atoms with Crippen molar-refractivity contribution < 1.29 is 9.53 Å². The van der Waals surface area contributed by atoms with Crippen molar-refractivity contribution in [2.24, 2.45) is 0 Å². The van der Waals surface area contributed by atoms with Gasteiger partial charge in [0.25, 0.3) is 0 Å². The summed E-state index contributed by atoms with van der Waals surface area (Å²) < 4.78 is 5.13. The van der Waals surface area contributed by atoms with Crippen LogP contribution in [0.3, 0.4) is 0 Å². The van der Waals surface area contributed by atoms with Crippen LogP contribution in [0.2, 0.25) is 0 Å². The number of benzene rings is 2. The van der Waals surface area contributed by atoms with Crippen LogP contribution < -0.4 is 0 Å². The van der Waals surface area contributed by atoms with Crippen LogP contribution in [0.4, 0.5) is 0 Å².